The standard InChI is InChI=1S/C12H19N3OS/c1-3-16-8-7-15(2)9-10-5-4-6-14-11(10)12(13)17/h4-6H,3,7-9H2,1-2H3,(H2,13,17). The fourth-order valence-corrected chi connectivity index (χ4v) is 1.71. The van der Waals surface area contributed by atoms with Crippen molar-refractivity contribution in [3.63, 3.8) is 0 Å². The zero-order chi connectivity index (χ0) is 12.7. The van der Waals surface area contributed by atoms with Gasteiger partial charge in [0.25, 0.3) is 0 Å². The minimum absolute atomic E-state index is 0.346. The van der Waals surface area contributed by atoms with Gasteiger partial charge >= 0.3 is 0 Å². The number of nitrogens with zero attached hydrogens (tertiary/aromatic N) is 2. The van der Waals surface area contributed by atoms with Gasteiger partial charge < -0.3 is 10.5 Å². The summed E-state index contributed by atoms with van der Waals surface area (Å²) in [5, 5.41) is 0. The van der Waals surface area contributed by atoms with E-state index in [2.05, 4.69) is 9.88 Å². The van der Waals surface area contributed by atoms with Gasteiger partial charge in [0.1, 0.15) is 10.7 Å². The highest BCUT2D eigenvalue weighted by atomic mass is 32.1. The van der Waals surface area contributed by atoms with Gasteiger partial charge in [0.15, 0.2) is 0 Å². The molecule has 0 aliphatic rings. The van der Waals surface area contributed by atoms with Crippen molar-refractivity contribution in [1.82, 2.24) is 9.88 Å². The highest BCUT2D eigenvalue weighted by Gasteiger charge is 2.08. The lowest BCUT2D eigenvalue weighted by Gasteiger charge is -2.17. The van der Waals surface area contributed by atoms with Gasteiger partial charge in [-0.25, -0.2) is 0 Å². The zero-order valence-electron chi connectivity index (χ0n) is 10.3. The molecule has 1 aromatic heterocycles. The first-order chi connectivity index (χ1) is 8.15. The van der Waals surface area contributed by atoms with E-state index < -0.39 is 0 Å². The summed E-state index contributed by atoms with van der Waals surface area (Å²) < 4.78 is 5.31. The molecule has 5 heteroatoms. The van der Waals surface area contributed by atoms with Gasteiger partial charge in [-0.3, -0.25) is 9.88 Å². The lowest BCUT2D eigenvalue weighted by Crippen LogP contribution is -2.25. The molecule has 4 nitrogen and oxygen atoms in total. The van der Waals surface area contributed by atoms with E-state index >= 15 is 0 Å². The lowest BCUT2D eigenvalue weighted by atomic mass is 10.2. The first kappa shape index (κ1) is 14.0. The van der Waals surface area contributed by atoms with E-state index in [1.165, 1.54) is 0 Å². The minimum Gasteiger partial charge on any atom is -0.388 e. The Labute approximate surface area is 108 Å². The van der Waals surface area contributed by atoms with E-state index in [-0.39, 0.29) is 0 Å². The number of likely N-dealkylation sites (N-methyl/N-ethyl adjacent to an activating group) is 1. The molecule has 1 rings (SSSR count). The van der Waals surface area contributed by atoms with E-state index in [9.17, 15) is 0 Å². The Morgan fingerprint density at radius 2 is 2.35 bits per heavy atom. The monoisotopic (exact) mass is 253 g/mol. The molecule has 0 bridgehead atoms. The Kier molecular flexibility index (Phi) is 6.04. The first-order valence-corrected chi connectivity index (χ1v) is 6.06. The van der Waals surface area contributed by atoms with Crippen LogP contribution in [0.25, 0.3) is 0 Å². The molecule has 0 aliphatic carbocycles. The van der Waals surface area contributed by atoms with Gasteiger partial charge in [-0.15, -0.1) is 0 Å². The maximum Gasteiger partial charge on any atom is 0.123 e. The van der Waals surface area contributed by atoms with Crippen LogP contribution >= 0.6 is 12.2 Å². The van der Waals surface area contributed by atoms with Crippen LogP contribution in [-0.4, -0.2) is 41.7 Å². The Morgan fingerprint density at radius 1 is 1.59 bits per heavy atom. The summed E-state index contributed by atoms with van der Waals surface area (Å²) in [6, 6.07) is 3.90. The van der Waals surface area contributed by atoms with Crippen molar-refractivity contribution in [2.75, 3.05) is 26.8 Å². The molecule has 0 aromatic carbocycles. The van der Waals surface area contributed by atoms with E-state index in [1.54, 1.807) is 6.20 Å². The van der Waals surface area contributed by atoms with Crippen LogP contribution in [0.3, 0.4) is 0 Å². The maximum atomic E-state index is 5.64. The number of hydrogen-bond acceptors (Lipinski definition) is 4. The molecule has 0 radical (unpaired) electrons. The highest BCUT2D eigenvalue weighted by Crippen LogP contribution is 2.08. The summed E-state index contributed by atoms with van der Waals surface area (Å²) in [6.45, 7) is 5.12. The molecule has 2 N–H and O–H groups in total. The van der Waals surface area contributed by atoms with Crippen molar-refractivity contribution in [2.45, 2.75) is 13.5 Å². The predicted octanol–water partition coefficient (Wildman–Crippen LogP) is 1.18. The average Bonchev–Trinajstić information content (AvgIpc) is 2.29. The van der Waals surface area contributed by atoms with Gasteiger partial charge in [-0.2, -0.15) is 0 Å². The zero-order valence-corrected chi connectivity index (χ0v) is 11.2. The van der Waals surface area contributed by atoms with E-state index in [0.717, 1.165) is 31.9 Å². The highest BCUT2D eigenvalue weighted by molar-refractivity contribution is 7.80. The van der Waals surface area contributed by atoms with Gasteiger partial charge in [0.2, 0.25) is 0 Å². The summed E-state index contributed by atoms with van der Waals surface area (Å²) in [6.07, 6.45) is 1.71. The van der Waals surface area contributed by atoms with Gasteiger partial charge in [0, 0.05) is 25.9 Å². The van der Waals surface area contributed by atoms with Crippen LogP contribution in [0.2, 0.25) is 0 Å². The van der Waals surface area contributed by atoms with Crippen LogP contribution in [0.1, 0.15) is 18.2 Å². The number of aromatic nitrogens is 1. The molecular weight excluding hydrogens is 234 g/mol. The van der Waals surface area contributed by atoms with Crippen molar-refractivity contribution in [1.29, 1.82) is 0 Å². The average molecular weight is 253 g/mol. The Balaban J connectivity index is 2.58. The molecule has 0 unspecified atom stereocenters. The van der Waals surface area contributed by atoms with E-state index in [4.69, 9.17) is 22.7 Å². The summed E-state index contributed by atoms with van der Waals surface area (Å²) in [5.74, 6) is 0. The molecule has 1 aromatic rings. The number of rotatable bonds is 7. The molecule has 0 amide bonds. The van der Waals surface area contributed by atoms with Gasteiger partial charge in [-0.05, 0) is 25.6 Å². The quantitative estimate of drug-likeness (QED) is 0.584. The molecule has 17 heavy (non-hydrogen) atoms. The SMILES string of the molecule is CCOCCN(C)Cc1cccnc1C(N)=S. The second-order valence-electron chi connectivity index (χ2n) is 3.81. The lowest BCUT2D eigenvalue weighted by molar-refractivity contribution is 0.120. The number of pyridine rings is 1. The van der Waals surface area contributed by atoms with E-state index in [1.807, 2.05) is 26.1 Å². The second kappa shape index (κ2) is 7.32. The first-order valence-electron chi connectivity index (χ1n) is 5.65. The molecule has 0 atom stereocenters. The predicted molar refractivity (Wildman–Crippen MR) is 73.0 cm³/mol. The molecule has 0 aliphatic heterocycles. The van der Waals surface area contributed by atoms with E-state index in [0.29, 0.717) is 10.7 Å². The van der Waals surface area contributed by atoms with Crippen molar-refractivity contribution >= 4 is 17.2 Å². The van der Waals surface area contributed by atoms with Crippen LogP contribution in [0.4, 0.5) is 0 Å². The fourth-order valence-electron chi connectivity index (χ4n) is 1.52. The molecule has 94 valence electrons. The third-order valence-electron chi connectivity index (χ3n) is 2.39. The largest absolute Gasteiger partial charge is 0.388 e. The third kappa shape index (κ3) is 4.77. The Bertz CT molecular complexity index is 371. The molecular formula is C12H19N3OS. The van der Waals surface area contributed by atoms with Crippen LogP contribution in [0.15, 0.2) is 18.3 Å². The molecule has 0 fully saturated rings. The molecule has 0 spiro atoms. The number of ether oxygens (including phenoxy) is 1. The van der Waals surface area contributed by atoms with Gasteiger partial charge in [-0.1, -0.05) is 18.3 Å². The number of thiocarbonyl (C=S) groups is 1. The molecule has 0 saturated carbocycles. The summed E-state index contributed by atoms with van der Waals surface area (Å²) >= 11 is 4.98. The number of hydrogen-bond donors (Lipinski definition) is 1. The fraction of sp³-hybridized carbons (Fsp3) is 0.500. The Morgan fingerprint density at radius 3 is 3.00 bits per heavy atom. The third-order valence-corrected chi connectivity index (χ3v) is 2.58. The summed E-state index contributed by atoms with van der Waals surface area (Å²) in [4.78, 5) is 6.71. The topological polar surface area (TPSA) is 51.4 Å². The normalized spacial score (nSPS) is 10.8. The Hall–Kier alpha value is -1.04. The van der Waals surface area contributed by atoms with Gasteiger partial charge in [0.05, 0.1) is 6.61 Å². The molecule has 0 saturated heterocycles. The van der Waals surface area contributed by atoms with Crippen LogP contribution in [0, 0.1) is 0 Å². The summed E-state index contributed by atoms with van der Waals surface area (Å²) in [5.41, 5.74) is 7.41. The van der Waals surface area contributed by atoms with Crippen molar-refractivity contribution in [3.8, 4) is 0 Å². The van der Waals surface area contributed by atoms with Crippen molar-refractivity contribution in [3.05, 3.63) is 29.6 Å². The summed E-state index contributed by atoms with van der Waals surface area (Å²) in [7, 11) is 2.04. The van der Waals surface area contributed by atoms with Crippen LogP contribution < -0.4 is 5.73 Å². The smallest absolute Gasteiger partial charge is 0.123 e. The second-order valence-corrected chi connectivity index (χ2v) is 4.25. The maximum absolute atomic E-state index is 5.64. The number of nitrogens with two attached hydrogens (primary N) is 1. The van der Waals surface area contributed by atoms with Crippen molar-refractivity contribution < 1.29 is 4.74 Å². The van der Waals surface area contributed by atoms with Crippen LogP contribution in [-0.2, 0) is 11.3 Å². The minimum atomic E-state index is 0.346. The molecule has 1 heterocycles. The van der Waals surface area contributed by atoms with Crippen molar-refractivity contribution in [2.24, 2.45) is 5.73 Å². The van der Waals surface area contributed by atoms with Crippen LogP contribution in [0.5, 0.6) is 0 Å².